The second kappa shape index (κ2) is 2.51. The average molecular weight is 155 g/mol. The van der Waals surface area contributed by atoms with Crippen LogP contribution in [0.15, 0.2) is 0 Å². The maximum absolute atomic E-state index is 12.4. The van der Waals surface area contributed by atoms with Crippen LogP contribution >= 0.6 is 0 Å². The molecule has 1 unspecified atom stereocenters. The Hall–Kier alpha value is -1.68. The molecule has 2 N–H and O–H groups in total. The Morgan fingerprint density at radius 3 is 1.45 bits per heavy atom. The van der Waals surface area contributed by atoms with Gasteiger partial charge < -0.3 is 10.2 Å². The summed E-state index contributed by atoms with van der Waals surface area (Å²) >= 11 is 0. The fourth-order valence-electron chi connectivity index (χ4n) is 0.254. The second-order valence-corrected chi connectivity index (χ2v) is 1.67. The normalized spacial score (nSPS) is 15.3. The average Bonchev–Trinajstić information content (AvgIpc) is 2.02. The molecule has 0 aliphatic heterocycles. The molecule has 0 radical (unpaired) electrons. The molecule has 0 amide bonds. The van der Waals surface area contributed by atoms with Crippen molar-refractivity contribution in [1.29, 1.82) is 15.8 Å². The van der Waals surface area contributed by atoms with Gasteiger partial charge in [-0.3, -0.25) is 0 Å². The minimum atomic E-state index is -3.86. The number of halogens is 1. The first kappa shape index (κ1) is 9.32. The Kier molecular flexibility index (Phi) is 2.13. The zero-order valence-electron chi connectivity index (χ0n) is 5.11. The van der Waals surface area contributed by atoms with Gasteiger partial charge >= 0.3 is 11.5 Å². The highest BCUT2D eigenvalue weighted by Gasteiger charge is 2.53. The van der Waals surface area contributed by atoms with Gasteiger partial charge in [0.15, 0.2) is 0 Å². The maximum Gasteiger partial charge on any atom is 0.351 e. The Bertz CT molecular complexity index is 266. The van der Waals surface area contributed by atoms with Crippen LogP contribution in [0, 0.1) is 34.0 Å². The van der Waals surface area contributed by atoms with Gasteiger partial charge in [-0.2, -0.15) is 20.2 Å². The van der Waals surface area contributed by atoms with Crippen LogP contribution in [0.1, 0.15) is 0 Å². The van der Waals surface area contributed by atoms with E-state index in [1.165, 1.54) is 0 Å². The van der Waals surface area contributed by atoms with Gasteiger partial charge in [0.2, 0.25) is 0 Å². The molecule has 1 atom stereocenters. The van der Waals surface area contributed by atoms with Crippen LogP contribution in [0.25, 0.3) is 0 Å². The molecule has 0 heterocycles. The molecule has 0 aromatic heterocycles. The summed E-state index contributed by atoms with van der Waals surface area (Å²) < 4.78 is 12.4. The summed E-state index contributed by atoms with van der Waals surface area (Å²) in [4.78, 5) is 0. The third-order valence-corrected chi connectivity index (χ3v) is 0.951. The number of rotatable bonds is 1. The minimum absolute atomic E-state index is 0.578. The van der Waals surface area contributed by atoms with Crippen molar-refractivity contribution in [3.05, 3.63) is 0 Å². The molecule has 0 fully saturated rings. The molecular formula is C5H2FN3O2. The summed E-state index contributed by atoms with van der Waals surface area (Å²) in [5, 5.41) is 40.7. The van der Waals surface area contributed by atoms with Crippen molar-refractivity contribution < 1.29 is 14.6 Å². The Morgan fingerprint density at radius 2 is 1.36 bits per heavy atom. The molecule has 0 rings (SSSR count). The Morgan fingerprint density at radius 1 is 1.00 bits per heavy atom. The number of alkyl halides is 1. The minimum Gasteiger partial charge on any atom is -0.359 e. The van der Waals surface area contributed by atoms with Gasteiger partial charge in [0, 0.05) is 0 Å². The van der Waals surface area contributed by atoms with Crippen LogP contribution in [0.5, 0.6) is 0 Å². The Labute approximate surface area is 61.1 Å². The maximum atomic E-state index is 12.4. The molecule has 56 valence electrons. The van der Waals surface area contributed by atoms with Crippen molar-refractivity contribution in [3.63, 3.8) is 0 Å². The van der Waals surface area contributed by atoms with Crippen LogP contribution < -0.4 is 0 Å². The van der Waals surface area contributed by atoms with Gasteiger partial charge in [-0.1, -0.05) is 0 Å². The van der Waals surface area contributed by atoms with Gasteiger partial charge in [-0.25, -0.2) is 0 Å². The largest absolute Gasteiger partial charge is 0.359 e. The van der Waals surface area contributed by atoms with Crippen LogP contribution in [0.3, 0.4) is 0 Å². The number of hydrogen-bond acceptors (Lipinski definition) is 5. The molecular weight excluding hydrogens is 153 g/mol. The highest BCUT2D eigenvalue weighted by Crippen LogP contribution is 2.21. The van der Waals surface area contributed by atoms with Crippen molar-refractivity contribution in [2.24, 2.45) is 0 Å². The van der Waals surface area contributed by atoms with E-state index >= 15 is 0 Å². The van der Waals surface area contributed by atoms with E-state index in [2.05, 4.69) is 0 Å². The monoisotopic (exact) mass is 155 g/mol. The predicted molar refractivity (Wildman–Crippen MR) is 27.8 cm³/mol. The molecule has 6 heteroatoms. The summed E-state index contributed by atoms with van der Waals surface area (Å²) in [6, 6.07) is 2.11. The molecule has 0 bridgehead atoms. The molecule has 0 saturated carbocycles. The third kappa shape index (κ3) is 1.25. The van der Waals surface area contributed by atoms with Gasteiger partial charge in [0.25, 0.3) is 0 Å². The standard InChI is InChI=1S/C5H2FN3O2/c6-5(11,3-9)4(10,1-7)2-8/h10-11H. The fraction of sp³-hybridized carbons (Fsp3) is 0.400. The highest BCUT2D eigenvalue weighted by atomic mass is 19.2. The lowest BCUT2D eigenvalue weighted by Gasteiger charge is -2.17. The van der Waals surface area contributed by atoms with Crippen molar-refractivity contribution in [3.8, 4) is 18.2 Å². The zero-order valence-corrected chi connectivity index (χ0v) is 5.11. The van der Waals surface area contributed by atoms with E-state index in [-0.39, 0.29) is 0 Å². The second-order valence-electron chi connectivity index (χ2n) is 1.67. The first-order valence-corrected chi connectivity index (χ1v) is 2.31. The predicted octanol–water partition coefficient (Wildman–Crippen LogP) is -1.05. The van der Waals surface area contributed by atoms with E-state index in [9.17, 15) is 4.39 Å². The highest BCUT2D eigenvalue weighted by molar-refractivity contribution is 5.28. The molecule has 11 heavy (non-hydrogen) atoms. The summed E-state index contributed by atoms with van der Waals surface area (Å²) in [5.41, 5.74) is -3.33. The summed E-state index contributed by atoms with van der Waals surface area (Å²) in [6.45, 7) is 0. The van der Waals surface area contributed by atoms with Crippen molar-refractivity contribution in [1.82, 2.24) is 0 Å². The van der Waals surface area contributed by atoms with Crippen molar-refractivity contribution in [2.75, 3.05) is 0 Å². The molecule has 0 aliphatic rings. The van der Waals surface area contributed by atoms with Crippen LogP contribution in [0.4, 0.5) is 4.39 Å². The van der Waals surface area contributed by atoms with Crippen LogP contribution in [-0.2, 0) is 0 Å². The zero-order chi connectivity index (χ0) is 9.12. The van der Waals surface area contributed by atoms with E-state index in [1.54, 1.807) is 0 Å². The lowest BCUT2D eigenvalue weighted by molar-refractivity contribution is -0.136. The van der Waals surface area contributed by atoms with Crippen LogP contribution in [-0.4, -0.2) is 21.7 Å². The van der Waals surface area contributed by atoms with E-state index in [1.807, 2.05) is 0 Å². The quantitative estimate of drug-likeness (QED) is 0.469. The van der Waals surface area contributed by atoms with Crippen molar-refractivity contribution >= 4 is 0 Å². The number of aliphatic hydroxyl groups is 2. The first-order valence-electron chi connectivity index (χ1n) is 2.31. The molecule has 0 aliphatic carbocycles. The third-order valence-electron chi connectivity index (χ3n) is 0.951. The van der Waals surface area contributed by atoms with Gasteiger partial charge in [-0.15, -0.1) is 0 Å². The van der Waals surface area contributed by atoms with E-state index in [0.717, 1.165) is 12.1 Å². The topological polar surface area (TPSA) is 112 Å². The van der Waals surface area contributed by atoms with E-state index in [4.69, 9.17) is 26.0 Å². The molecule has 0 aromatic carbocycles. The smallest absolute Gasteiger partial charge is 0.351 e. The molecule has 0 spiro atoms. The summed E-state index contributed by atoms with van der Waals surface area (Å²) in [6.07, 6.45) is 0. The lowest BCUT2D eigenvalue weighted by Crippen LogP contribution is -2.47. The van der Waals surface area contributed by atoms with Gasteiger partial charge in [0.1, 0.15) is 18.2 Å². The van der Waals surface area contributed by atoms with E-state index in [0.29, 0.717) is 6.07 Å². The molecule has 5 nitrogen and oxygen atoms in total. The lowest BCUT2D eigenvalue weighted by atomic mass is 9.99. The van der Waals surface area contributed by atoms with Crippen LogP contribution in [0.2, 0.25) is 0 Å². The number of nitrogens with zero attached hydrogens (tertiary/aromatic N) is 3. The van der Waals surface area contributed by atoms with Gasteiger partial charge in [-0.05, 0) is 0 Å². The first-order chi connectivity index (χ1) is 4.93. The fourth-order valence-corrected chi connectivity index (χ4v) is 0.254. The summed E-state index contributed by atoms with van der Waals surface area (Å²) in [5.74, 6) is -3.86. The molecule has 0 aromatic rings. The Balaban J connectivity index is 5.06. The number of hydrogen-bond donors (Lipinski definition) is 2. The SMILES string of the molecule is N#CC(O)(F)C(O)(C#N)C#N. The van der Waals surface area contributed by atoms with Crippen molar-refractivity contribution in [2.45, 2.75) is 11.5 Å². The van der Waals surface area contributed by atoms with Gasteiger partial charge in [0.05, 0.1) is 0 Å². The summed E-state index contributed by atoms with van der Waals surface area (Å²) in [7, 11) is 0. The number of nitriles is 3. The van der Waals surface area contributed by atoms with E-state index < -0.39 is 11.5 Å². The molecule has 0 saturated heterocycles.